The quantitative estimate of drug-likeness (QED) is 0.507. The van der Waals surface area contributed by atoms with Crippen molar-refractivity contribution in [3.05, 3.63) is 41.5 Å². The zero-order chi connectivity index (χ0) is 15.8. The zero-order valence-electron chi connectivity index (χ0n) is 12.9. The molecule has 0 radical (unpaired) electrons. The molecule has 114 valence electrons. The Kier molecular flexibility index (Phi) is 6.62. The lowest BCUT2D eigenvalue weighted by Gasteiger charge is -2.23. The second kappa shape index (κ2) is 8.21. The van der Waals surface area contributed by atoms with E-state index in [0.717, 1.165) is 24.3 Å². The van der Waals surface area contributed by atoms with E-state index in [1.54, 1.807) is 20.1 Å². The topological polar surface area (TPSA) is 86.2 Å². The van der Waals surface area contributed by atoms with Gasteiger partial charge in [0.1, 0.15) is 5.84 Å². The molecule has 5 heteroatoms. The van der Waals surface area contributed by atoms with Crippen LogP contribution in [0.5, 0.6) is 0 Å². The van der Waals surface area contributed by atoms with Gasteiger partial charge in [-0.3, -0.25) is 10.8 Å². The van der Waals surface area contributed by atoms with Gasteiger partial charge in [0.25, 0.3) is 0 Å². The van der Waals surface area contributed by atoms with Crippen molar-refractivity contribution in [3.63, 3.8) is 0 Å². The molecule has 1 rings (SSSR count). The summed E-state index contributed by atoms with van der Waals surface area (Å²) in [6.07, 6.45) is 1.69. The molecular formula is C16H24N4O. The summed E-state index contributed by atoms with van der Waals surface area (Å²) in [5.74, 6) is -0.0816. The molecular weight excluding hydrogens is 264 g/mol. The van der Waals surface area contributed by atoms with Crippen molar-refractivity contribution in [3.8, 4) is 0 Å². The summed E-state index contributed by atoms with van der Waals surface area (Å²) in [5.41, 5.74) is 8.07. The van der Waals surface area contributed by atoms with Crippen LogP contribution >= 0.6 is 0 Å². The summed E-state index contributed by atoms with van der Waals surface area (Å²) in [6, 6.07) is 7.74. The normalized spacial score (nSPS) is 11.3. The highest BCUT2D eigenvalue weighted by Crippen LogP contribution is 2.17. The largest absolute Gasteiger partial charge is 0.384 e. The van der Waals surface area contributed by atoms with Gasteiger partial charge in [0.15, 0.2) is 0 Å². The van der Waals surface area contributed by atoms with Crippen molar-refractivity contribution in [2.24, 2.45) is 5.73 Å². The molecule has 1 aromatic rings. The SMILES string of the molecule is C/C=C(\C(=N)N)C(=N)c1ccc(N(CC)CCOC)cc1. The van der Waals surface area contributed by atoms with Gasteiger partial charge in [-0.05, 0) is 26.0 Å². The molecule has 0 saturated carbocycles. The molecule has 0 bridgehead atoms. The number of allylic oxidation sites excluding steroid dienone is 1. The minimum Gasteiger partial charge on any atom is -0.384 e. The molecule has 21 heavy (non-hydrogen) atoms. The lowest BCUT2D eigenvalue weighted by Crippen LogP contribution is -2.26. The summed E-state index contributed by atoms with van der Waals surface area (Å²) in [6.45, 7) is 6.28. The lowest BCUT2D eigenvalue weighted by atomic mass is 10.0. The van der Waals surface area contributed by atoms with Gasteiger partial charge in [0.05, 0.1) is 12.3 Å². The molecule has 0 heterocycles. The Labute approximate surface area is 126 Å². The number of benzene rings is 1. The molecule has 0 atom stereocenters. The van der Waals surface area contributed by atoms with E-state index in [1.807, 2.05) is 24.3 Å². The van der Waals surface area contributed by atoms with Crippen LogP contribution in [0.3, 0.4) is 0 Å². The third-order valence-electron chi connectivity index (χ3n) is 3.32. The second-order valence-corrected chi connectivity index (χ2v) is 4.61. The number of amidine groups is 1. The smallest absolute Gasteiger partial charge is 0.124 e. The standard InChI is InChI=1S/C16H24N4O/c1-4-14(16(18)19)15(17)12-6-8-13(9-7-12)20(5-2)10-11-21-3/h4,6-9,17H,5,10-11H2,1-3H3,(H3,18,19)/b14-4-,17-15?. The van der Waals surface area contributed by atoms with Crippen molar-refractivity contribution in [1.82, 2.24) is 0 Å². The predicted molar refractivity (Wildman–Crippen MR) is 88.7 cm³/mol. The fraction of sp³-hybridized carbons (Fsp3) is 0.375. The molecule has 0 amide bonds. The number of anilines is 1. The summed E-state index contributed by atoms with van der Waals surface area (Å²) in [7, 11) is 1.69. The Balaban J connectivity index is 2.91. The van der Waals surface area contributed by atoms with Crippen LogP contribution in [-0.4, -0.2) is 38.4 Å². The third kappa shape index (κ3) is 4.43. The first-order valence-electron chi connectivity index (χ1n) is 6.99. The minimum atomic E-state index is -0.0816. The van der Waals surface area contributed by atoms with Crippen molar-refractivity contribution >= 4 is 17.2 Å². The van der Waals surface area contributed by atoms with Gasteiger partial charge in [-0.2, -0.15) is 0 Å². The summed E-state index contributed by atoms with van der Waals surface area (Å²) >= 11 is 0. The Bertz CT molecular complexity index is 520. The maximum absolute atomic E-state index is 8.13. The number of likely N-dealkylation sites (N-methyl/N-ethyl adjacent to an activating group) is 1. The highest BCUT2D eigenvalue weighted by Gasteiger charge is 2.11. The average molecular weight is 288 g/mol. The maximum atomic E-state index is 8.13. The number of methoxy groups -OCH3 is 1. The molecule has 0 saturated heterocycles. The van der Waals surface area contributed by atoms with E-state index in [0.29, 0.717) is 12.2 Å². The second-order valence-electron chi connectivity index (χ2n) is 4.61. The van der Waals surface area contributed by atoms with E-state index < -0.39 is 0 Å². The van der Waals surface area contributed by atoms with Crippen LogP contribution in [0.1, 0.15) is 19.4 Å². The van der Waals surface area contributed by atoms with Crippen LogP contribution < -0.4 is 10.6 Å². The van der Waals surface area contributed by atoms with Crippen LogP contribution in [0.4, 0.5) is 5.69 Å². The van der Waals surface area contributed by atoms with Crippen LogP contribution in [0.25, 0.3) is 0 Å². The van der Waals surface area contributed by atoms with E-state index in [4.69, 9.17) is 21.3 Å². The number of nitrogens with one attached hydrogen (secondary N) is 2. The molecule has 0 fully saturated rings. The van der Waals surface area contributed by atoms with Gasteiger partial charge in [0, 0.05) is 37.0 Å². The first-order chi connectivity index (χ1) is 10.0. The molecule has 0 aromatic heterocycles. The van der Waals surface area contributed by atoms with E-state index in [2.05, 4.69) is 11.8 Å². The zero-order valence-corrected chi connectivity index (χ0v) is 12.9. The Morgan fingerprint density at radius 2 is 1.90 bits per heavy atom. The average Bonchev–Trinajstić information content (AvgIpc) is 2.49. The summed E-state index contributed by atoms with van der Waals surface area (Å²) in [4.78, 5) is 2.21. The molecule has 4 N–H and O–H groups in total. The van der Waals surface area contributed by atoms with Gasteiger partial charge in [-0.25, -0.2) is 0 Å². The number of ether oxygens (including phenoxy) is 1. The maximum Gasteiger partial charge on any atom is 0.124 e. The molecule has 0 unspecified atom stereocenters. The highest BCUT2D eigenvalue weighted by molar-refractivity contribution is 6.27. The van der Waals surface area contributed by atoms with E-state index in [9.17, 15) is 0 Å². The van der Waals surface area contributed by atoms with E-state index in [-0.39, 0.29) is 11.5 Å². The molecule has 0 aliphatic carbocycles. The predicted octanol–water partition coefficient (Wildman–Crippen LogP) is 2.41. The van der Waals surface area contributed by atoms with Crippen LogP contribution in [0, 0.1) is 10.8 Å². The first-order valence-corrected chi connectivity index (χ1v) is 6.99. The van der Waals surface area contributed by atoms with Gasteiger partial charge in [-0.1, -0.05) is 18.2 Å². The number of nitrogens with two attached hydrogens (primary N) is 1. The Morgan fingerprint density at radius 3 is 2.33 bits per heavy atom. The van der Waals surface area contributed by atoms with Gasteiger partial charge in [0.2, 0.25) is 0 Å². The molecule has 0 aliphatic heterocycles. The van der Waals surface area contributed by atoms with Crippen LogP contribution in [0.2, 0.25) is 0 Å². The third-order valence-corrected chi connectivity index (χ3v) is 3.32. The fourth-order valence-corrected chi connectivity index (χ4v) is 2.10. The van der Waals surface area contributed by atoms with E-state index in [1.165, 1.54) is 0 Å². The number of hydrogen-bond acceptors (Lipinski definition) is 4. The summed E-state index contributed by atoms with van der Waals surface area (Å²) in [5, 5.41) is 15.6. The molecule has 5 nitrogen and oxygen atoms in total. The molecule has 1 aromatic carbocycles. The number of rotatable bonds is 8. The minimum absolute atomic E-state index is 0.0816. The van der Waals surface area contributed by atoms with Crippen molar-refractivity contribution in [2.45, 2.75) is 13.8 Å². The fourth-order valence-electron chi connectivity index (χ4n) is 2.10. The highest BCUT2D eigenvalue weighted by atomic mass is 16.5. The Morgan fingerprint density at radius 1 is 1.29 bits per heavy atom. The number of nitrogens with zero attached hydrogens (tertiary/aromatic N) is 1. The van der Waals surface area contributed by atoms with Gasteiger partial charge in [-0.15, -0.1) is 0 Å². The van der Waals surface area contributed by atoms with Crippen molar-refractivity contribution in [1.29, 1.82) is 10.8 Å². The van der Waals surface area contributed by atoms with E-state index >= 15 is 0 Å². The summed E-state index contributed by atoms with van der Waals surface area (Å²) < 4.78 is 5.11. The number of hydrogen-bond donors (Lipinski definition) is 3. The Hall–Kier alpha value is -2.14. The van der Waals surface area contributed by atoms with Gasteiger partial charge < -0.3 is 15.4 Å². The van der Waals surface area contributed by atoms with Crippen LogP contribution in [0.15, 0.2) is 35.9 Å². The van der Waals surface area contributed by atoms with Crippen molar-refractivity contribution < 1.29 is 4.74 Å². The monoisotopic (exact) mass is 288 g/mol. The van der Waals surface area contributed by atoms with Crippen LogP contribution in [-0.2, 0) is 4.74 Å². The molecule has 0 aliphatic rings. The lowest BCUT2D eigenvalue weighted by molar-refractivity contribution is 0.205. The molecule has 0 spiro atoms. The van der Waals surface area contributed by atoms with Gasteiger partial charge >= 0.3 is 0 Å². The van der Waals surface area contributed by atoms with Crippen molar-refractivity contribution in [2.75, 3.05) is 31.7 Å². The first kappa shape index (κ1) is 16.9.